The van der Waals surface area contributed by atoms with E-state index in [-0.39, 0.29) is 0 Å². The Labute approximate surface area is 187 Å². The number of aliphatic carboxylic acids is 1. The first-order chi connectivity index (χ1) is 13.1. The van der Waals surface area contributed by atoms with Crippen LogP contribution in [-0.4, -0.2) is 51.6 Å². The number of carbonyl (C=O) groups is 1. The van der Waals surface area contributed by atoms with E-state index in [9.17, 15) is 4.79 Å². The summed E-state index contributed by atoms with van der Waals surface area (Å²) in [6.45, 7) is 2.90. The van der Waals surface area contributed by atoms with Gasteiger partial charge in [0.2, 0.25) is 0 Å². The van der Waals surface area contributed by atoms with Gasteiger partial charge in [-0.3, -0.25) is 4.79 Å². The van der Waals surface area contributed by atoms with Gasteiger partial charge in [-0.05, 0) is 19.4 Å². The van der Waals surface area contributed by atoms with Crippen molar-refractivity contribution >= 4 is 33.9 Å². The van der Waals surface area contributed by atoms with Crippen LogP contribution >= 0.6 is 0 Å². The topological polar surface area (TPSA) is 89.3 Å². The fourth-order valence-corrected chi connectivity index (χ4v) is 3.58. The van der Waals surface area contributed by atoms with Gasteiger partial charge in [0.05, 0.1) is 0 Å². The fourth-order valence-electron chi connectivity index (χ4n) is 3.08. The van der Waals surface area contributed by atoms with Crippen molar-refractivity contribution in [1.29, 1.82) is 0 Å². The minimum Gasteiger partial charge on any atom is -0.480 e. The molecule has 1 unspecified atom stereocenters. The number of hydrogen-bond donors (Lipinski definition) is 3. The number of carboxylic acids is 1. The largest absolute Gasteiger partial charge is 0.480 e. The Balaban J connectivity index is 0. The van der Waals surface area contributed by atoms with Crippen LogP contribution in [0.1, 0.15) is 116 Å². The molecule has 5 N–H and O–H groups in total. The predicted octanol–water partition coefficient (Wildman–Crippen LogP) is 5.58. The van der Waals surface area contributed by atoms with E-state index in [0.717, 1.165) is 12.8 Å². The molecule has 0 aliphatic carbocycles. The molecule has 1 atom stereocenters. The Morgan fingerprint density at radius 2 is 1.19 bits per heavy atom. The van der Waals surface area contributed by atoms with Crippen LogP contribution in [0.15, 0.2) is 0 Å². The molecule has 158 valence electrons. The molecule has 0 heterocycles. The summed E-state index contributed by atoms with van der Waals surface area (Å²) in [4.78, 5) is 10.1. The molecular formula is C22H47N2NaO2. The first-order valence-corrected chi connectivity index (χ1v) is 13.2. The average Bonchev–Trinajstić information content (AvgIpc) is 2.66. The zero-order valence-electron chi connectivity index (χ0n) is 18.5. The Morgan fingerprint density at radius 1 is 0.778 bits per heavy atom. The van der Waals surface area contributed by atoms with Gasteiger partial charge in [0.1, 0.15) is 6.04 Å². The van der Waals surface area contributed by atoms with Gasteiger partial charge in [0.15, 0.2) is 0 Å². The van der Waals surface area contributed by atoms with E-state index in [1.165, 1.54) is 121 Å². The van der Waals surface area contributed by atoms with Crippen molar-refractivity contribution in [2.75, 3.05) is 6.54 Å². The van der Waals surface area contributed by atoms with Gasteiger partial charge in [0, 0.05) is 0 Å². The maximum Gasteiger partial charge on any atom is 0.320 e. The molecule has 0 fully saturated rings. The summed E-state index contributed by atoms with van der Waals surface area (Å²) in [5.74, 6) is -0.933. The quantitative estimate of drug-likeness (QED) is 0.197. The predicted molar refractivity (Wildman–Crippen MR) is 119 cm³/mol. The van der Waals surface area contributed by atoms with Gasteiger partial charge < -0.3 is 16.6 Å². The summed E-state index contributed by atoms with van der Waals surface area (Å²) >= 11 is 1.41. The maximum absolute atomic E-state index is 10.1. The van der Waals surface area contributed by atoms with Gasteiger partial charge in [-0.25, -0.2) is 0 Å². The third-order valence-corrected chi connectivity index (χ3v) is 5.70. The number of carboxylic acid groups (broad SMARTS) is 1. The molecular weight excluding hydrogens is 347 g/mol. The third-order valence-electron chi connectivity index (χ3n) is 4.99. The molecule has 0 radical (unpaired) electrons. The van der Waals surface area contributed by atoms with Crippen molar-refractivity contribution in [2.24, 2.45) is 11.5 Å². The molecule has 27 heavy (non-hydrogen) atoms. The minimum atomic E-state index is -0.933. The standard InChI is InChI=1S/C16H33.C6H14N2O2.Na/c1-3-5-7-9-11-13-15-16-14-12-10-8-6-4-2;7-4-2-1-3-5(8)6(9)10;/h1,3-16H2,2H3;5H,1-4,7-8H2,(H,9,10);. The summed E-state index contributed by atoms with van der Waals surface area (Å²) < 4.78 is 1.51. The van der Waals surface area contributed by atoms with Crippen LogP contribution in [0.25, 0.3) is 0 Å². The van der Waals surface area contributed by atoms with Crippen LogP contribution in [0.5, 0.6) is 0 Å². The van der Waals surface area contributed by atoms with E-state index in [0.29, 0.717) is 13.0 Å². The molecule has 0 bridgehead atoms. The second-order valence-corrected chi connectivity index (χ2v) is 8.83. The molecule has 0 aliphatic rings. The summed E-state index contributed by atoms with van der Waals surface area (Å²) in [7, 11) is 0. The van der Waals surface area contributed by atoms with Crippen molar-refractivity contribution in [3.63, 3.8) is 0 Å². The smallest absolute Gasteiger partial charge is 0.320 e. The first-order valence-electron chi connectivity index (χ1n) is 11.8. The molecule has 0 rings (SSSR count). The van der Waals surface area contributed by atoms with Crippen molar-refractivity contribution in [2.45, 2.75) is 126 Å². The average molecular weight is 395 g/mol. The van der Waals surface area contributed by atoms with Crippen LogP contribution in [-0.2, 0) is 4.79 Å². The molecule has 0 aliphatic heterocycles. The molecule has 0 aromatic rings. The fraction of sp³-hybridized carbons (Fsp3) is 0.955. The minimum absolute atomic E-state index is 0.520. The normalized spacial score (nSPS) is 11.7. The molecule has 0 aromatic carbocycles. The Hall–Kier alpha value is 0.390. The van der Waals surface area contributed by atoms with Crippen molar-refractivity contribution in [1.82, 2.24) is 0 Å². The van der Waals surface area contributed by atoms with E-state index in [1.807, 2.05) is 0 Å². The Bertz CT molecular complexity index is 277. The number of nitrogens with two attached hydrogens (primary N) is 2. The maximum atomic E-state index is 10.1. The summed E-state index contributed by atoms with van der Waals surface area (Å²) in [6, 6.07) is -0.716. The van der Waals surface area contributed by atoms with Crippen LogP contribution in [0.2, 0.25) is 3.67 Å². The van der Waals surface area contributed by atoms with Crippen LogP contribution in [0.3, 0.4) is 0 Å². The molecule has 5 heteroatoms. The molecule has 0 amide bonds. The monoisotopic (exact) mass is 394 g/mol. The van der Waals surface area contributed by atoms with Crippen molar-refractivity contribution in [3.8, 4) is 0 Å². The molecule has 4 nitrogen and oxygen atoms in total. The van der Waals surface area contributed by atoms with E-state index in [2.05, 4.69) is 6.92 Å². The van der Waals surface area contributed by atoms with Crippen LogP contribution < -0.4 is 11.5 Å². The van der Waals surface area contributed by atoms with Crippen LogP contribution in [0, 0.1) is 0 Å². The molecule has 0 saturated heterocycles. The van der Waals surface area contributed by atoms with Gasteiger partial charge in [0.25, 0.3) is 0 Å². The van der Waals surface area contributed by atoms with E-state index in [1.54, 1.807) is 0 Å². The molecule has 0 spiro atoms. The van der Waals surface area contributed by atoms with Crippen molar-refractivity contribution < 1.29 is 9.90 Å². The summed E-state index contributed by atoms with van der Waals surface area (Å²) in [6.07, 6.45) is 22.9. The van der Waals surface area contributed by atoms with Gasteiger partial charge >= 0.3 is 108 Å². The SMILES string of the molecule is CCCCCCCCCCCCCCC[CH2][Na].NCCCCC(N)C(=O)O. The molecule has 0 aromatic heterocycles. The second kappa shape index (κ2) is 26.4. The second-order valence-electron chi connectivity index (χ2n) is 7.83. The van der Waals surface area contributed by atoms with Crippen molar-refractivity contribution in [3.05, 3.63) is 0 Å². The summed E-state index contributed by atoms with van der Waals surface area (Å²) in [5, 5.41) is 8.33. The third kappa shape index (κ3) is 28.7. The summed E-state index contributed by atoms with van der Waals surface area (Å²) in [5.41, 5.74) is 10.4. The Kier molecular flexibility index (Phi) is 28.9. The zero-order valence-corrected chi connectivity index (χ0v) is 20.5. The van der Waals surface area contributed by atoms with Gasteiger partial charge in [-0.15, -0.1) is 0 Å². The number of hydrogen-bond acceptors (Lipinski definition) is 3. The van der Waals surface area contributed by atoms with E-state index >= 15 is 0 Å². The first kappa shape index (κ1) is 29.6. The zero-order chi connectivity index (χ0) is 20.6. The molecule has 0 saturated carbocycles. The number of rotatable bonds is 19. The van der Waals surface area contributed by atoms with E-state index in [4.69, 9.17) is 16.6 Å². The van der Waals surface area contributed by atoms with Gasteiger partial charge in [-0.2, -0.15) is 0 Å². The van der Waals surface area contributed by atoms with Crippen LogP contribution in [0.4, 0.5) is 0 Å². The Morgan fingerprint density at radius 3 is 1.52 bits per heavy atom. The van der Waals surface area contributed by atoms with E-state index < -0.39 is 12.0 Å². The number of unbranched alkanes of at least 4 members (excludes halogenated alkanes) is 14. The van der Waals surface area contributed by atoms with Gasteiger partial charge in [-0.1, -0.05) is 32.6 Å².